The Hall–Kier alpha value is -2.88. The van der Waals surface area contributed by atoms with Gasteiger partial charge in [0.05, 0.1) is 24.0 Å². The molecule has 0 spiro atoms. The van der Waals surface area contributed by atoms with Crippen LogP contribution in [0.4, 0.5) is 4.39 Å². The molecular weight excluding hydrogens is 513 g/mol. The van der Waals surface area contributed by atoms with Crippen molar-refractivity contribution in [3.8, 4) is 5.75 Å². The lowest BCUT2D eigenvalue weighted by Gasteiger charge is -2.31. The van der Waals surface area contributed by atoms with E-state index >= 15 is 0 Å². The summed E-state index contributed by atoms with van der Waals surface area (Å²) in [5.41, 5.74) is 1.23. The standard InChI is InChI=1S/C28H30FNO5S2/c1-4-6-24-27(36-22-13-11-21(35-3)12-14-22)25(28(31)32)26(19-7-5-8-20(29)17-19)30(24)37(33,34)23-15-9-18(2)10-16-23/h5,7-17,24-27H,4,6H2,1-3H3,(H,31,32)/t24-,25+,26?,27-/m1/s1. The van der Waals surface area contributed by atoms with E-state index < -0.39 is 45.1 Å². The van der Waals surface area contributed by atoms with Crippen molar-refractivity contribution in [2.24, 2.45) is 5.92 Å². The molecule has 4 atom stereocenters. The smallest absolute Gasteiger partial charge is 0.309 e. The molecule has 0 bridgehead atoms. The van der Waals surface area contributed by atoms with Crippen LogP contribution in [-0.2, 0) is 14.8 Å². The van der Waals surface area contributed by atoms with Gasteiger partial charge in [-0.1, -0.05) is 43.2 Å². The molecule has 0 aromatic heterocycles. The van der Waals surface area contributed by atoms with Crippen LogP contribution in [0.1, 0.15) is 36.9 Å². The Morgan fingerprint density at radius 2 is 1.76 bits per heavy atom. The zero-order valence-electron chi connectivity index (χ0n) is 20.9. The van der Waals surface area contributed by atoms with Gasteiger partial charge in [0.2, 0.25) is 10.0 Å². The van der Waals surface area contributed by atoms with Gasteiger partial charge in [0, 0.05) is 16.2 Å². The number of carboxylic acid groups (broad SMARTS) is 1. The minimum absolute atomic E-state index is 0.0832. The summed E-state index contributed by atoms with van der Waals surface area (Å²) in [7, 11) is -2.56. The molecule has 1 aliphatic heterocycles. The molecule has 0 saturated carbocycles. The lowest BCUT2D eigenvalue weighted by molar-refractivity contribution is -0.142. The van der Waals surface area contributed by atoms with Crippen molar-refractivity contribution in [3.63, 3.8) is 0 Å². The van der Waals surface area contributed by atoms with Crippen molar-refractivity contribution in [1.29, 1.82) is 0 Å². The van der Waals surface area contributed by atoms with E-state index in [0.717, 1.165) is 10.5 Å². The van der Waals surface area contributed by atoms with Gasteiger partial charge < -0.3 is 9.84 Å². The molecule has 1 unspecified atom stereocenters. The molecule has 1 saturated heterocycles. The van der Waals surface area contributed by atoms with Crippen molar-refractivity contribution >= 4 is 27.8 Å². The van der Waals surface area contributed by atoms with Gasteiger partial charge >= 0.3 is 5.97 Å². The Morgan fingerprint density at radius 1 is 1.08 bits per heavy atom. The lowest BCUT2D eigenvalue weighted by atomic mass is 9.92. The molecule has 3 aromatic carbocycles. The summed E-state index contributed by atoms with van der Waals surface area (Å²) in [4.78, 5) is 13.7. The Balaban J connectivity index is 1.90. The van der Waals surface area contributed by atoms with E-state index in [2.05, 4.69) is 0 Å². The first-order valence-electron chi connectivity index (χ1n) is 12.1. The molecular formula is C28H30FNO5S2. The quantitative estimate of drug-likeness (QED) is 0.361. The van der Waals surface area contributed by atoms with E-state index in [9.17, 15) is 22.7 Å². The van der Waals surface area contributed by atoms with Crippen molar-refractivity contribution in [3.05, 3.63) is 89.7 Å². The summed E-state index contributed by atoms with van der Waals surface area (Å²) in [5, 5.41) is 9.86. The second kappa shape index (κ2) is 11.2. The van der Waals surface area contributed by atoms with Gasteiger partial charge in [-0.25, -0.2) is 12.8 Å². The monoisotopic (exact) mass is 543 g/mol. The largest absolute Gasteiger partial charge is 0.497 e. The zero-order chi connectivity index (χ0) is 26.7. The van der Waals surface area contributed by atoms with Crippen molar-refractivity contribution in [2.45, 2.75) is 53.8 Å². The summed E-state index contributed by atoms with van der Waals surface area (Å²) in [6.45, 7) is 3.81. The Kier molecular flexibility index (Phi) is 8.26. The maximum atomic E-state index is 14.4. The fraction of sp³-hybridized carbons (Fsp3) is 0.321. The second-order valence-corrected chi connectivity index (χ2v) is 12.2. The van der Waals surface area contributed by atoms with Crippen LogP contribution in [0.5, 0.6) is 5.75 Å². The predicted octanol–water partition coefficient (Wildman–Crippen LogP) is 5.92. The molecule has 6 nitrogen and oxygen atoms in total. The molecule has 1 aliphatic rings. The van der Waals surface area contributed by atoms with Crippen LogP contribution in [0.3, 0.4) is 0 Å². The van der Waals surface area contributed by atoms with Crippen molar-refractivity contribution < 1.29 is 27.4 Å². The number of aliphatic carboxylic acids is 1. The molecule has 196 valence electrons. The first-order valence-corrected chi connectivity index (χ1v) is 14.4. The van der Waals surface area contributed by atoms with E-state index in [1.54, 1.807) is 37.4 Å². The van der Waals surface area contributed by atoms with Crippen molar-refractivity contribution in [1.82, 2.24) is 4.31 Å². The normalized spacial score (nSPS) is 22.2. The van der Waals surface area contributed by atoms with Crippen LogP contribution in [0.2, 0.25) is 0 Å². The Morgan fingerprint density at radius 3 is 2.32 bits per heavy atom. The summed E-state index contributed by atoms with van der Waals surface area (Å²) in [6.07, 6.45) is 1.10. The number of sulfonamides is 1. The maximum absolute atomic E-state index is 14.4. The average Bonchev–Trinajstić information content (AvgIpc) is 3.19. The van der Waals surface area contributed by atoms with Crippen LogP contribution < -0.4 is 4.74 Å². The summed E-state index contributed by atoms with van der Waals surface area (Å²) in [5.74, 6) is -2.11. The number of benzene rings is 3. The molecule has 0 radical (unpaired) electrons. The van der Waals surface area contributed by atoms with Crippen LogP contribution in [0, 0.1) is 18.7 Å². The number of carboxylic acids is 1. The van der Waals surface area contributed by atoms with Gasteiger partial charge in [-0.15, -0.1) is 11.8 Å². The minimum atomic E-state index is -4.13. The highest BCUT2D eigenvalue weighted by atomic mass is 32.2. The van der Waals surface area contributed by atoms with E-state index in [1.807, 2.05) is 26.0 Å². The number of halogens is 1. The molecule has 0 amide bonds. The van der Waals surface area contributed by atoms with Crippen LogP contribution in [0.15, 0.2) is 82.6 Å². The number of nitrogens with zero attached hydrogens (tertiary/aromatic N) is 1. The van der Waals surface area contributed by atoms with Crippen molar-refractivity contribution in [2.75, 3.05) is 7.11 Å². The number of aryl methyl sites for hydroxylation is 1. The first-order chi connectivity index (χ1) is 17.7. The highest BCUT2D eigenvalue weighted by molar-refractivity contribution is 8.00. The van der Waals surface area contributed by atoms with Gasteiger partial charge in [0.15, 0.2) is 0 Å². The third-order valence-corrected chi connectivity index (χ3v) is 10.0. The second-order valence-electron chi connectivity index (χ2n) is 9.13. The van der Waals surface area contributed by atoms with Gasteiger partial charge in [0.1, 0.15) is 11.6 Å². The van der Waals surface area contributed by atoms with E-state index in [0.29, 0.717) is 24.2 Å². The van der Waals surface area contributed by atoms with E-state index in [-0.39, 0.29) is 4.90 Å². The van der Waals surface area contributed by atoms with Gasteiger partial charge in [-0.2, -0.15) is 4.31 Å². The lowest BCUT2D eigenvalue weighted by Crippen LogP contribution is -2.40. The summed E-state index contributed by atoms with van der Waals surface area (Å²) >= 11 is 1.34. The summed E-state index contributed by atoms with van der Waals surface area (Å²) < 4.78 is 49.3. The summed E-state index contributed by atoms with van der Waals surface area (Å²) in [6, 6.07) is 17.6. The number of carbonyl (C=O) groups is 1. The van der Waals surface area contributed by atoms with E-state index in [4.69, 9.17) is 4.74 Å². The highest BCUT2D eigenvalue weighted by Crippen LogP contribution is 2.52. The molecule has 1 heterocycles. The number of rotatable bonds is 9. The number of hydrogen-bond acceptors (Lipinski definition) is 5. The predicted molar refractivity (Wildman–Crippen MR) is 142 cm³/mol. The molecule has 1 fully saturated rings. The number of ether oxygens (including phenoxy) is 1. The minimum Gasteiger partial charge on any atom is -0.497 e. The van der Waals surface area contributed by atoms with Gasteiger partial charge in [-0.05, 0) is 67.4 Å². The molecule has 37 heavy (non-hydrogen) atoms. The van der Waals surface area contributed by atoms with E-state index in [1.165, 1.54) is 46.4 Å². The third kappa shape index (κ3) is 5.54. The SMILES string of the molecule is CCC[C@@H]1[C@@H](Sc2ccc(OC)cc2)[C@@H](C(=O)O)C(c2cccc(F)c2)N1S(=O)(=O)c1ccc(C)cc1. The molecule has 3 aromatic rings. The van der Waals surface area contributed by atoms with Gasteiger partial charge in [0.25, 0.3) is 0 Å². The number of thioether (sulfide) groups is 1. The number of hydrogen-bond donors (Lipinski definition) is 1. The fourth-order valence-electron chi connectivity index (χ4n) is 4.96. The molecule has 4 rings (SSSR count). The number of methoxy groups -OCH3 is 1. The topological polar surface area (TPSA) is 83.9 Å². The fourth-order valence-corrected chi connectivity index (χ4v) is 8.35. The zero-order valence-corrected chi connectivity index (χ0v) is 22.5. The van der Waals surface area contributed by atoms with Crippen LogP contribution >= 0.6 is 11.8 Å². The molecule has 1 N–H and O–H groups in total. The maximum Gasteiger partial charge on any atom is 0.309 e. The highest BCUT2D eigenvalue weighted by Gasteiger charge is 2.57. The Labute approximate surface area is 221 Å². The van der Waals surface area contributed by atoms with Gasteiger partial charge in [-0.3, -0.25) is 4.79 Å². The van der Waals surface area contributed by atoms with Crippen LogP contribution in [0.25, 0.3) is 0 Å². The third-order valence-electron chi connectivity index (χ3n) is 6.66. The van der Waals surface area contributed by atoms with Crippen LogP contribution in [-0.4, -0.2) is 42.2 Å². The average molecular weight is 544 g/mol. The molecule has 9 heteroatoms. The Bertz CT molecular complexity index is 1350. The first kappa shape index (κ1) is 27.2. The molecule has 0 aliphatic carbocycles.